The average molecular weight is 462 g/mol. The van der Waals surface area contributed by atoms with Gasteiger partial charge in [0.2, 0.25) is 5.91 Å². The minimum atomic E-state index is -0.296. The second-order valence-corrected chi connectivity index (χ2v) is 9.63. The maximum absolute atomic E-state index is 13.4. The fourth-order valence-corrected chi connectivity index (χ4v) is 4.74. The number of aromatic nitrogens is 2. The van der Waals surface area contributed by atoms with Crippen LogP contribution >= 0.6 is 11.3 Å². The van der Waals surface area contributed by atoms with Crippen molar-refractivity contribution in [2.24, 2.45) is 0 Å². The molecular formula is C26H27N3O3S. The average Bonchev–Trinajstić information content (AvgIpc) is 3.10. The van der Waals surface area contributed by atoms with Gasteiger partial charge < -0.3 is 10.1 Å². The molecule has 170 valence electrons. The first-order chi connectivity index (χ1) is 15.7. The standard InChI is InChI=1S/C26H27N3O3S/c1-15(2)32-21-10-8-20(9-11-21)28-22(30)13-29-14-27-25-24(26(29)31)23(18(5)33-25)19-7-6-16(3)17(4)12-19/h6-12,14-15H,13H2,1-5H3,(H,28,30). The maximum Gasteiger partial charge on any atom is 0.263 e. The Balaban J connectivity index is 1.61. The summed E-state index contributed by atoms with van der Waals surface area (Å²) < 4.78 is 6.99. The minimum Gasteiger partial charge on any atom is -0.491 e. The van der Waals surface area contributed by atoms with Gasteiger partial charge in [-0.3, -0.25) is 14.2 Å². The van der Waals surface area contributed by atoms with Crippen molar-refractivity contribution in [2.45, 2.75) is 47.3 Å². The Hall–Kier alpha value is -3.45. The maximum atomic E-state index is 13.4. The largest absolute Gasteiger partial charge is 0.491 e. The van der Waals surface area contributed by atoms with Crippen LogP contribution in [0.4, 0.5) is 5.69 Å². The Morgan fingerprint density at radius 1 is 1.09 bits per heavy atom. The molecule has 4 aromatic rings. The second-order valence-electron chi connectivity index (χ2n) is 8.43. The predicted molar refractivity (Wildman–Crippen MR) is 134 cm³/mol. The van der Waals surface area contributed by atoms with Crippen LogP contribution in [0.3, 0.4) is 0 Å². The number of hydrogen-bond acceptors (Lipinski definition) is 5. The fraction of sp³-hybridized carbons (Fsp3) is 0.269. The molecule has 0 bridgehead atoms. The molecule has 2 aromatic carbocycles. The summed E-state index contributed by atoms with van der Waals surface area (Å²) in [6.45, 7) is 9.92. The van der Waals surface area contributed by atoms with E-state index >= 15 is 0 Å². The lowest BCUT2D eigenvalue weighted by atomic mass is 9.99. The number of thiophene rings is 1. The Morgan fingerprint density at radius 3 is 2.48 bits per heavy atom. The molecule has 0 aliphatic heterocycles. The molecule has 0 fully saturated rings. The number of hydrogen-bond donors (Lipinski definition) is 1. The lowest BCUT2D eigenvalue weighted by molar-refractivity contribution is -0.116. The highest BCUT2D eigenvalue weighted by molar-refractivity contribution is 7.19. The highest BCUT2D eigenvalue weighted by Crippen LogP contribution is 2.36. The highest BCUT2D eigenvalue weighted by Gasteiger charge is 2.18. The van der Waals surface area contributed by atoms with Crippen molar-refractivity contribution >= 4 is 33.1 Å². The van der Waals surface area contributed by atoms with Crippen LogP contribution in [-0.2, 0) is 11.3 Å². The molecule has 1 amide bonds. The number of carbonyl (C=O) groups excluding carboxylic acids is 1. The van der Waals surface area contributed by atoms with Crippen LogP contribution in [0.1, 0.15) is 29.9 Å². The zero-order valence-corrected chi connectivity index (χ0v) is 20.2. The zero-order valence-electron chi connectivity index (χ0n) is 19.4. The summed E-state index contributed by atoms with van der Waals surface area (Å²) in [7, 11) is 0. The van der Waals surface area contributed by atoms with E-state index in [0.29, 0.717) is 15.9 Å². The summed E-state index contributed by atoms with van der Waals surface area (Å²) in [5, 5.41) is 3.39. The molecule has 0 saturated carbocycles. The molecule has 2 aromatic heterocycles. The number of ether oxygens (including phenoxy) is 1. The van der Waals surface area contributed by atoms with Crippen molar-refractivity contribution in [1.29, 1.82) is 0 Å². The van der Waals surface area contributed by atoms with Crippen LogP contribution in [0.2, 0.25) is 0 Å². The van der Waals surface area contributed by atoms with Gasteiger partial charge in [0, 0.05) is 16.1 Å². The summed E-state index contributed by atoms with van der Waals surface area (Å²) in [5.74, 6) is 0.441. The van der Waals surface area contributed by atoms with Gasteiger partial charge in [-0.15, -0.1) is 11.3 Å². The van der Waals surface area contributed by atoms with Gasteiger partial charge >= 0.3 is 0 Å². The monoisotopic (exact) mass is 461 g/mol. The van der Waals surface area contributed by atoms with Crippen LogP contribution in [0.25, 0.3) is 21.3 Å². The molecule has 33 heavy (non-hydrogen) atoms. The van der Waals surface area contributed by atoms with Gasteiger partial charge in [-0.05, 0) is 75.6 Å². The van der Waals surface area contributed by atoms with E-state index in [1.165, 1.54) is 33.4 Å². The Labute approximate surface area is 196 Å². The Kier molecular flexibility index (Phi) is 6.33. The van der Waals surface area contributed by atoms with Gasteiger partial charge in [0.25, 0.3) is 5.56 Å². The SMILES string of the molecule is Cc1ccc(-c2c(C)sc3ncn(CC(=O)Nc4ccc(OC(C)C)cc4)c(=O)c23)cc1C. The number of carbonyl (C=O) groups is 1. The van der Waals surface area contributed by atoms with Crippen molar-refractivity contribution in [2.75, 3.05) is 5.32 Å². The van der Waals surface area contributed by atoms with Crippen molar-refractivity contribution in [1.82, 2.24) is 9.55 Å². The zero-order chi connectivity index (χ0) is 23.7. The number of rotatable bonds is 6. The third-order valence-electron chi connectivity index (χ3n) is 5.47. The first-order valence-electron chi connectivity index (χ1n) is 10.9. The summed E-state index contributed by atoms with van der Waals surface area (Å²) in [6, 6.07) is 13.4. The molecule has 0 aliphatic carbocycles. The van der Waals surface area contributed by atoms with Crippen LogP contribution in [-0.4, -0.2) is 21.6 Å². The van der Waals surface area contributed by atoms with E-state index in [4.69, 9.17) is 4.74 Å². The van der Waals surface area contributed by atoms with Crippen LogP contribution in [0.5, 0.6) is 5.75 Å². The van der Waals surface area contributed by atoms with Gasteiger partial charge in [0.15, 0.2) is 0 Å². The lowest BCUT2D eigenvalue weighted by Crippen LogP contribution is -2.27. The van der Waals surface area contributed by atoms with E-state index in [1.54, 1.807) is 24.3 Å². The normalized spacial score (nSPS) is 11.2. The van der Waals surface area contributed by atoms with Crippen LogP contribution in [0.15, 0.2) is 53.6 Å². The van der Waals surface area contributed by atoms with E-state index in [9.17, 15) is 9.59 Å². The van der Waals surface area contributed by atoms with Gasteiger partial charge in [0.05, 0.1) is 17.8 Å². The third-order valence-corrected chi connectivity index (χ3v) is 6.49. The van der Waals surface area contributed by atoms with E-state index in [-0.39, 0.29) is 24.1 Å². The molecule has 6 nitrogen and oxygen atoms in total. The van der Waals surface area contributed by atoms with Crippen LogP contribution in [0, 0.1) is 20.8 Å². The smallest absolute Gasteiger partial charge is 0.263 e. The first kappa shape index (κ1) is 22.7. The first-order valence-corrected chi connectivity index (χ1v) is 11.7. The highest BCUT2D eigenvalue weighted by atomic mass is 32.1. The fourth-order valence-electron chi connectivity index (χ4n) is 3.74. The topological polar surface area (TPSA) is 73.2 Å². The molecule has 0 aliphatic rings. The number of anilines is 1. The summed E-state index contributed by atoms with van der Waals surface area (Å²) in [4.78, 5) is 32.2. The van der Waals surface area contributed by atoms with Gasteiger partial charge in [0.1, 0.15) is 17.1 Å². The van der Waals surface area contributed by atoms with Crippen molar-refractivity contribution in [3.8, 4) is 16.9 Å². The quantitative estimate of drug-likeness (QED) is 0.413. The minimum absolute atomic E-state index is 0.0780. The number of benzene rings is 2. The number of aryl methyl sites for hydroxylation is 3. The van der Waals surface area contributed by atoms with Crippen molar-refractivity contribution in [3.63, 3.8) is 0 Å². The van der Waals surface area contributed by atoms with Crippen molar-refractivity contribution < 1.29 is 9.53 Å². The molecule has 0 saturated heterocycles. The van der Waals surface area contributed by atoms with Gasteiger partial charge in [-0.1, -0.05) is 18.2 Å². The van der Waals surface area contributed by atoms with Gasteiger partial charge in [-0.25, -0.2) is 4.98 Å². The molecule has 4 rings (SSSR count). The van der Waals surface area contributed by atoms with E-state index in [1.807, 2.05) is 26.8 Å². The summed E-state index contributed by atoms with van der Waals surface area (Å²) in [6.07, 6.45) is 1.53. The number of nitrogens with zero attached hydrogens (tertiary/aromatic N) is 2. The Bertz CT molecular complexity index is 1380. The second kappa shape index (κ2) is 9.19. The van der Waals surface area contributed by atoms with E-state index in [2.05, 4.69) is 36.3 Å². The number of nitrogens with one attached hydrogen (secondary N) is 1. The van der Waals surface area contributed by atoms with E-state index in [0.717, 1.165) is 21.8 Å². The molecule has 1 N–H and O–H groups in total. The van der Waals surface area contributed by atoms with Gasteiger partial charge in [-0.2, -0.15) is 0 Å². The molecular weight excluding hydrogens is 434 g/mol. The molecule has 0 unspecified atom stereocenters. The third kappa shape index (κ3) is 4.83. The number of amides is 1. The van der Waals surface area contributed by atoms with Crippen molar-refractivity contribution in [3.05, 3.63) is 75.1 Å². The molecule has 0 atom stereocenters. The Morgan fingerprint density at radius 2 is 1.82 bits per heavy atom. The summed E-state index contributed by atoms with van der Waals surface area (Å²) in [5.41, 5.74) is 4.68. The number of fused-ring (bicyclic) bond motifs is 1. The van der Waals surface area contributed by atoms with Crippen LogP contribution < -0.4 is 15.6 Å². The van der Waals surface area contributed by atoms with E-state index < -0.39 is 0 Å². The predicted octanol–water partition coefficient (Wildman–Crippen LogP) is 5.48. The molecule has 7 heteroatoms. The lowest BCUT2D eigenvalue weighted by Gasteiger charge is -2.11. The molecule has 2 heterocycles. The summed E-state index contributed by atoms with van der Waals surface area (Å²) >= 11 is 1.50. The molecule has 0 spiro atoms. The molecule has 0 radical (unpaired) electrons.